The summed E-state index contributed by atoms with van der Waals surface area (Å²) in [6.45, 7) is 2.72. The first-order chi connectivity index (χ1) is 14.7. The van der Waals surface area contributed by atoms with Gasteiger partial charge in [-0.15, -0.1) is 0 Å². The monoisotopic (exact) mass is 401 g/mol. The first-order valence-corrected chi connectivity index (χ1v) is 11.0. The number of hydrogen-bond acceptors (Lipinski definition) is 4. The minimum atomic E-state index is 0.105. The highest BCUT2D eigenvalue weighted by Gasteiger charge is 2.42. The molecule has 0 fully saturated rings. The van der Waals surface area contributed by atoms with E-state index in [1.165, 1.54) is 22.3 Å². The first kappa shape index (κ1) is 19.0. The lowest BCUT2D eigenvalue weighted by molar-refractivity contribution is -0.121. The van der Waals surface area contributed by atoms with Crippen molar-refractivity contribution in [1.82, 2.24) is 15.5 Å². The molecular weight excluding hydrogens is 374 g/mol. The third-order valence-corrected chi connectivity index (χ3v) is 6.61. The van der Waals surface area contributed by atoms with Gasteiger partial charge in [-0.1, -0.05) is 60.6 Å². The predicted molar refractivity (Wildman–Crippen MR) is 114 cm³/mol. The van der Waals surface area contributed by atoms with E-state index in [-0.39, 0.29) is 5.91 Å². The Labute approximate surface area is 176 Å². The summed E-state index contributed by atoms with van der Waals surface area (Å²) in [7, 11) is 0. The van der Waals surface area contributed by atoms with Crippen molar-refractivity contribution in [2.45, 2.75) is 50.9 Å². The van der Waals surface area contributed by atoms with Gasteiger partial charge in [-0.25, -0.2) is 0 Å². The molecule has 0 aliphatic heterocycles. The number of nitrogens with one attached hydrogen (secondary N) is 1. The van der Waals surface area contributed by atoms with Crippen LogP contribution in [-0.2, 0) is 17.6 Å². The molecule has 6 rings (SSSR count). The van der Waals surface area contributed by atoms with Crippen molar-refractivity contribution in [3.63, 3.8) is 0 Å². The molecule has 1 aromatic heterocycles. The van der Waals surface area contributed by atoms with Crippen LogP contribution in [0.3, 0.4) is 0 Å². The SMILES string of the molecule is CCc1noc(CCCC(=O)NCC2CC3c4ccccc4C2c2ccccc23)n1. The maximum Gasteiger partial charge on any atom is 0.226 e. The number of aryl methyl sites for hydroxylation is 2. The second-order valence-electron chi connectivity index (χ2n) is 8.40. The number of nitrogens with zero attached hydrogens (tertiary/aromatic N) is 2. The van der Waals surface area contributed by atoms with Crippen molar-refractivity contribution in [2.75, 3.05) is 6.54 Å². The fraction of sp³-hybridized carbons (Fsp3) is 0.400. The van der Waals surface area contributed by atoms with Gasteiger partial charge in [0.25, 0.3) is 0 Å². The quantitative estimate of drug-likeness (QED) is 0.638. The highest BCUT2D eigenvalue weighted by Crippen LogP contribution is 2.55. The molecule has 30 heavy (non-hydrogen) atoms. The summed E-state index contributed by atoms with van der Waals surface area (Å²) in [4.78, 5) is 16.8. The number of carbonyl (C=O) groups is 1. The highest BCUT2D eigenvalue weighted by atomic mass is 16.5. The Kier molecular flexibility index (Phi) is 5.11. The van der Waals surface area contributed by atoms with E-state index in [4.69, 9.17) is 4.52 Å². The number of fused-ring (bicyclic) bond motifs is 1. The Morgan fingerprint density at radius 1 is 1.07 bits per heavy atom. The van der Waals surface area contributed by atoms with Crippen molar-refractivity contribution >= 4 is 5.91 Å². The maximum atomic E-state index is 12.5. The second kappa shape index (κ2) is 8.05. The lowest BCUT2D eigenvalue weighted by atomic mass is 9.59. The van der Waals surface area contributed by atoms with E-state index in [0.29, 0.717) is 36.5 Å². The number of carbonyl (C=O) groups excluding carboxylic acids is 1. The summed E-state index contributed by atoms with van der Waals surface area (Å²) in [5.74, 6) is 2.70. The van der Waals surface area contributed by atoms with E-state index in [0.717, 1.165) is 31.6 Å². The van der Waals surface area contributed by atoms with Gasteiger partial charge in [0.2, 0.25) is 11.8 Å². The molecule has 0 radical (unpaired) electrons. The average molecular weight is 402 g/mol. The van der Waals surface area contributed by atoms with Crippen LogP contribution in [0, 0.1) is 5.92 Å². The zero-order chi connectivity index (χ0) is 20.5. The van der Waals surface area contributed by atoms with Crippen LogP contribution in [0.15, 0.2) is 53.1 Å². The number of hydrogen-bond donors (Lipinski definition) is 1. The van der Waals surface area contributed by atoms with Crippen molar-refractivity contribution in [3.05, 3.63) is 82.5 Å². The number of rotatable bonds is 7. The molecule has 3 aliphatic rings. The molecule has 1 atom stereocenters. The fourth-order valence-corrected chi connectivity index (χ4v) is 5.23. The van der Waals surface area contributed by atoms with E-state index >= 15 is 0 Å². The zero-order valence-electron chi connectivity index (χ0n) is 17.3. The first-order valence-electron chi connectivity index (χ1n) is 11.0. The fourth-order valence-electron chi connectivity index (χ4n) is 5.23. The molecular formula is C25H27N3O2. The van der Waals surface area contributed by atoms with Crippen molar-refractivity contribution in [3.8, 4) is 0 Å². The van der Waals surface area contributed by atoms with Crippen molar-refractivity contribution in [1.29, 1.82) is 0 Å². The minimum Gasteiger partial charge on any atom is -0.356 e. The standard InChI is InChI=1S/C25H27N3O2/c1-2-22-27-24(30-28-22)13-7-12-23(29)26-15-16-14-21-17-8-3-5-10-19(17)25(16)20-11-6-4-9-18(20)21/h3-6,8-11,16,21,25H,2,7,12-15H2,1H3,(H,26,29). The number of benzene rings is 2. The summed E-state index contributed by atoms with van der Waals surface area (Å²) in [6.07, 6.45) is 3.72. The van der Waals surface area contributed by atoms with Crippen LogP contribution in [0.25, 0.3) is 0 Å². The van der Waals surface area contributed by atoms with E-state index in [1.807, 2.05) is 6.92 Å². The molecule has 1 amide bonds. The third kappa shape index (κ3) is 3.42. The lowest BCUT2D eigenvalue weighted by Gasteiger charge is -2.45. The van der Waals surface area contributed by atoms with E-state index < -0.39 is 0 Å². The van der Waals surface area contributed by atoms with E-state index in [9.17, 15) is 4.79 Å². The Morgan fingerprint density at radius 3 is 2.37 bits per heavy atom. The summed E-state index contributed by atoms with van der Waals surface area (Å²) >= 11 is 0. The molecule has 154 valence electrons. The van der Waals surface area contributed by atoms with Gasteiger partial charge in [-0.05, 0) is 41.0 Å². The van der Waals surface area contributed by atoms with Gasteiger partial charge >= 0.3 is 0 Å². The topological polar surface area (TPSA) is 68.0 Å². The number of aromatic nitrogens is 2. The molecule has 1 N–H and O–H groups in total. The van der Waals surface area contributed by atoms with Gasteiger partial charge in [-0.3, -0.25) is 4.79 Å². The van der Waals surface area contributed by atoms with Crippen LogP contribution in [0.4, 0.5) is 0 Å². The molecule has 1 heterocycles. The molecule has 0 spiro atoms. The van der Waals surface area contributed by atoms with Crippen LogP contribution in [-0.4, -0.2) is 22.6 Å². The molecule has 5 nitrogen and oxygen atoms in total. The van der Waals surface area contributed by atoms with E-state index in [1.54, 1.807) is 0 Å². The summed E-state index contributed by atoms with van der Waals surface area (Å²) in [5, 5.41) is 7.10. The normalized spacial score (nSPS) is 21.2. The van der Waals surface area contributed by atoms with Gasteiger partial charge in [0.1, 0.15) is 0 Å². The van der Waals surface area contributed by atoms with Gasteiger partial charge in [0, 0.05) is 37.6 Å². The molecule has 2 aromatic carbocycles. The van der Waals surface area contributed by atoms with Gasteiger partial charge < -0.3 is 9.84 Å². The summed E-state index contributed by atoms with van der Waals surface area (Å²) in [6, 6.07) is 17.7. The Bertz CT molecular complexity index is 1010. The van der Waals surface area contributed by atoms with Gasteiger partial charge in [0.05, 0.1) is 0 Å². The van der Waals surface area contributed by atoms with Crippen molar-refractivity contribution in [2.24, 2.45) is 5.92 Å². The molecule has 0 saturated carbocycles. The molecule has 1 unspecified atom stereocenters. The second-order valence-corrected chi connectivity index (χ2v) is 8.40. The highest BCUT2D eigenvalue weighted by molar-refractivity contribution is 5.75. The number of amides is 1. The van der Waals surface area contributed by atoms with Gasteiger partial charge in [-0.2, -0.15) is 4.98 Å². The van der Waals surface area contributed by atoms with Crippen LogP contribution >= 0.6 is 0 Å². The lowest BCUT2D eigenvalue weighted by Crippen LogP contribution is -2.39. The minimum absolute atomic E-state index is 0.105. The molecule has 0 saturated heterocycles. The van der Waals surface area contributed by atoms with Crippen LogP contribution in [0.2, 0.25) is 0 Å². The van der Waals surface area contributed by atoms with Crippen LogP contribution < -0.4 is 5.32 Å². The molecule has 2 bridgehead atoms. The van der Waals surface area contributed by atoms with Crippen LogP contribution in [0.1, 0.15) is 72.0 Å². The molecule has 3 aromatic rings. The molecule has 3 aliphatic carbocycles. The molecule has 5 heteroatoms. The Hall–Kier alpha value is -2.95. The van der Waals surface area contributed by atoms with E-state index in [2.05, 4.69) is 64.0 Å². The smallest absolute Gasteiger partial charge is 0.226 e. The zero-order valence-corrected chi connectivity index (χ0v) is 17.3. The Balaban J connectivity index is 1.21. The average Bonchev–Trinajstić information content (AvgIpc) is 3.26. The largest absolute Gasteiger partial charge is 0.356 e. The van der Waals surface area contributed by atoms with Gasteiger partial charge in [0.15, 0.2) is 5.82 Å². The maximum absolute atomic E-state index is 12.5. The summed E-state index contributed by atoms with van der Waals surface area (Å²) in [5.41, 5.74) is 5.81. The predicted octanol–water partition coefficient (Wildman–Crippen LogP) is 4.37. The Morgan fingerprint density at radius 2 is 1.73 bits per heavy atom. The van der Waals surface area contributed by atoms with Crippen molar-refractivity contribution < 1.29 is 9.32 Å². The van der Waals surface area contributed by atoms with Crippen LogP contribution in [0.5, 0.6) is 0 Å². The summed E-state index contributed by atoms with van der Waals surface area (Å²) < 4.78 is 5.20. The third-order valence-electron chi connectivity index (χ3n) is 6.61.